The summed E-state index contributed by atoms with van der Waals surface area (Å²) in [5, 5.41) is 19.1. The molecule has 0 radical (unpaired) electrons. The molecule has 0 aliphatic carbocycles. The van der Waals surface area contributed by atoms with Gasteiger partial charge in [-0.2, -0.15) is 18.4 Å². The van der Waals surface area contributed by atoms with Gasteiger partial charge in [-0.15, -0.1) is 0 Å². The van der Waals surface area contributed by atoms with Crippen LogP contribution in [-0.2, 0) is 11.3 Å². The molecule has 0 fully saturated rings. The number of anilines is 2. The molecule has 25 heavy (non-hydrogen) atoms. The first kappa shape index (κ1) is 19.9. The molecule has 0 heterocycles. The van der Waals surface area contributed by atoms with E-state index in [0.717, 1.165) is 11.3 Å². The molecule has 2 aromatic carbocycles. The van der Waals surface area contributed by atoms with Crippen LogP contribution in [0.1, 0.15) is 11.1 Å². The van der Waals surface area contributed by atoms with Crippen LogP contribution in [0.2, 0.25) is 0 Å². The van der Waals surface area contributed by atoms with Gasteiger partial charge in [0.25, 0.3) is 0 Å². The average Bonchev–Trinajstić information content (AvgIpc) is 2.56. The number of halogens is 4. The summed E-state index contributed by atoms with van der Waals surface area (Å²) in [7, 11) is 0. The largest absolute Gasteiger partial charge is 0.490 e. The van der Waals surface area contributed by atoms with E-state index in [-0.39, 0.29) is 5.56 Å². The molecular formula is C16H13F4N3O2. The number of carboxylic acid groups (broad SMARTS) is 1. The maximum atomic E-state index is 13.0. The van der Waals surface area contributed by atoms with Crippen LogP contribution < -0.4 is 11.1 Å². The quantitative estimate of drug-likeness (QED) is 0.732. The number of benzene rings is 2. The molecule has 0 spiro atoms. The number of hydrogen-bond acceptors (Lipinski definition) is 4. The second-order valence-corrected chi connectivity index (χ2v) is 4.63. The van der Waals surface area contributed by atoms with E-state index in [1.807, 2.05) is 30.3 Å². The molecule has 132 valence electrons. The summed E-state index contributed by atoms with van der Waals surface area (Å²) in [5.74, 6) is -3.18. The summed E-state index contributed by atoms with van der Waals surface area (Å²) in [6, 6.07) is 13.6. The predicted molar refractivity (Wildman–Crippen MR) is 82.4 cm³/mol. The SMILES string of the molecule is N#Cc1cc(F)ccc1Nc1ccc(CN)cc1.O=C(O)C(F)(F)F. The van der Waals surface area contributed by atoms with Gasteiger partial charge in [0, 0.05) is 12.2 Å². The van der Waals surface area contributed by atoms with Crippen LogP contribution in [-0.4, -0.2) is 17.3 Å². The smallest absolute Gasteiger partial charge is 0.475 e. The van der Waals surface area contributed by atoms with Gasteiger partial charge >= 0.3 is 12.1 Å². The van der Waals surface area contributed by atoms with Crippen molar-refractivity contribution in [1.29, 1.82) is 5.26 Å². The summed E-state index contributed by atoms with van der Waals surface area (Å²) in [5.41, 5.74) is 8.23. The molecule has 0 aromatic heterocycles. The standard InChI is InChI=1S/C14H12FN3.C2HF3O2/c15-12-3-6-14(11(7-12)9-17)18-13-4-1-10(8-16)2-5-13;3-2(4,5)1(6)7/h1-7,18H,8,16H2;(H,6,7). The summed E-state index contributed by atoms with van der Waals surface area (Å²) in [4.78, 5) is 8.90. The zero-order valence-electron chi connectivity index (χ0n) is 12.6. The van der Waals surface area contributed by atoms with Crippen molar-refractivity contribution in [1.82, 2.24) is 0 Å². The van der Waals surface area contributed by atoms with Crippen molar-refractivity contribution in [2.45, 2.75) is 12.7 Å². The summed E-state index contributed by atoms with van der Waals surface area (Å²) >= 11 is 0. The summed E-state index contributed by atoms with van der Waals surface area (Å²) in [6.07, 6.45) is -5.08. The van der Waals surface area contributed by atoms with Crippen LogP contribution in [0.4, 0.5) is 28.9 Å². The molecule has 0 amide bonds. The molecule has 0 aliphatic rings. The number of carboxylic acids is 1. The molecule has 0 bridgehead atoms. The Balaban J connectivity index is 0.000000381. The number of nitrogens with one attached hydrogen (secondary N) is 1. The number of nitrogens with zero attached hydrogens (tertiary/aromatic N) is 1. The number of nitrogens with two attached hydrogens (primary N) is 1. The lowest BCUT2D eigenvalue weighted by Gasteiger charge is -2.08. The van der Waals surface area contributed by atoms with Gasteiger partial charge in [0.05, 0.1) is 11.3 Å². The molecule has 2 aromatic rings. The van der Waals surface area contributed by atoms with E-state index in [1.165, 1.54) is 12.1 Å². The minimum Gasteiger partial charge on any atom is -0.475 e. The zero-order chi connectivity index (χ0) is 19.0. The number of carbonyl (C=O) groups is 1. The van der Waals surface area contributed by atoms with Crippen LogP contribution >= 0.6 is 0 Å². The predicted octanol–water partition coefficient (Wildman–Crippen LogP) is 3.53. The Kier molecular flexibility index (Phi) is 6.90. The van der Waals surface area contributed by atoms with E-state index >= 15 is 0 Å². The van der Waals surface area contributed by atoms with Crippen LogP contribution in [0.3, 0.4) is 0 Å². The van der Waals surface area contributed by atoms with Crippen molar-refractivity contribution >= 4 is 17.3 Å². The summed E-state index contributed by atoms with van der Waals surface area (Å²) < 4.78 is 44.7. The highest BCUT2D eigenvalue weighted by Gasteiger charge is 2.38. The van der Waals surface area contributed by atoms with Crippen LogP contribution in [0, 0.1) is 17.1 Å². The van der Waals surface area contributed by atoms with E-state index in [4.69, 9.17) is 20.9 Å². The third-order valence-corrected chi connectivity index (χ3v) is 2.81. The van der Waals surface area contributed by atoms with Crippen molar-refractivity contribution in [2.75, 3.05) is 5.32 Å². The second-order valence-electron chi connectivity index (χ2n) is 4.63. The number of alkyl halides is 3. The molecule has 0 saturated heterocycles. The lowest BCUT2D eigenvalue weighted by atomic mass is 10.1. The molecule has 0 unspecified atom stereocenters. The van der Waals surface area contributed by atoms with Crippen LogP contribution in [0.5, 0.6) is 0 Å². The van der Waals surface area contributed by atoms with Gasteiger partial charge in [0.2, 0.25) is 0 Å². The van der Waals surface area contributed by atoms with Crippen molar-refractivity contribution in [3.05, 3.63) is 59.4 Å². The number of hydrogen-bond donors (Lipinski definition) is 3. The fraction of sp³-hybridized carbons (Fsp3) is 0.125. The molecule has 0 atom stereocenters. The third kappa shape index (κ3) is 6.48. The van der Waals surface area contributed by atoms with Crippen molar-refractivity contribution in [2.24, 2.45) is 5.73 Å². The van der Waals surface area contributed by atoms with Crippen molar-refractivity contribution < 1.29 is 27.5 Å². The Hall–Kier alpha value is -3.12. The number of rotatable bonds is 3. The van der Waals surface area contributed by atoms with Gasteiger partial charge in [-0.05, 0) is 35.9 Å². The normalized spacial score (nSPS) is 10.2. The highest BCUT2D eigenvalue weighted by molar-refractivity contribution is 5.73. The highest BCUT2D eigenvalue weighted by Crippen LogP contribution is 2.21. The monoisotopic (exact) mass is 355 g/mol. The van der Waals surface area contributed by atoms with Gasteiger partial charge < -0.3 is 16.2 Å². The minimum atomic E-state index is -5.08. The highest BCUT2D eigenvalue weighted by atomic mass is 19.4. The number of nitriles is 1. The first-order valence-electron chi connectivity index (χ1n) is 6.73. The summed E-state index contributed by atoms with van der Waals surface area (Å²) in [6.45, 7) is 0.486. The van der Waals surface area contributed by atoms with E-state index in [0.29, 0.717) is 12.2 Å². The van der Waals surface area contributed by atoms with Gasteiger partial charge in [0.1, 0.15) is 11.9 Å². The van der Waals surface area contributed by atoms with E-state index in [9.17, 15) is 17.6 Å². The average molecular weight is 355 g/mol. The minimum absolute atomic E-state index is 0.276. The molecule has 5 nitrogen and oxygen atoms in total. The molecule has 0 saturated carbocycles. The van der Waals surface area contributed by atoms with Gasteiger partial charge in [-0.25, -0.2) is 9.18 Å². The Morgan fingerprint density at radius 2 is 1.76 bits per heavy atom. The maximum absolute atomic E-state index is 13.0. The Morgan fingerprint density at radius 3 is 2.20 bits per heavy atom. The molecule has 0 aliphatic heterocycles. The number of aliphatic carboxylic acids is 1. The van der Waals surface area contributed by atoms with Gasteiger partial charge in [0.15, 0.2) is 0 Å². The Bertz CT molecular complexity index is 768. The Labute approximate surface area is 140 Å². The van der Waals surface area contributed by atoms with E-state index < -0.39 is 18.0 Å². The van der Waals surface area contributed by atoms with E-state index in [1.54, 1.807) is 6.07 Å². The Morgan fingerprint density at radius 1 is 1.20 bits per heavy atom. The van der Waals surface area contributed by atoms with Gasteiger partial charge in [-0.1, -0.05) is 12.1 Å². The third-order valence-electron chi connectivity index (χ3n) is 2.81. The zero-order valence-corrected chi connectivity index (χ0v) is 12.6. The molecular weight excluding hydrogens is 342 g/mol. The van der Waals surface area contributed by atoms with Crippen molar-refractivity contribution in [3.63, 3.8) is 0 Å². The first-order valence-corrected chi connectivity index (χ1v) is 6.73. The topological polar surface area (TPSA) is 99.1 Å². The first-order chi connectivity index (χ1) is 11.7. The van der Waals surface area contributed by atoms with Crippen LogP contribution in [0.15, 0.2) is 42.5 Å². The molecule has 2 rings (SSSR count). The van der Waals surface area contributed by atoms with E-state index in [2.05, 4.69) is 5.32 Å². The van der Waals surface area contributed by atoms with Crippen LogP contribution in [0.25, 0.3) is 0 Å². The van der Waals surface area contributed by atoms with Gasteiger partial charge in [-0.3, -0.25) is 0 Å². The molecule has 4 N–H and O–H groups in total. The fourth-order valence-corrected chi connectivity index (χ4v) is 1.60. The lowest BCUT2D eigenvalue weighted by molar-refractivity contribution is -0.192. The fourth-order valence-electron chi connectivity index (χ4n) is 1.60. The maximum Gasteiger partial charge on any atom is 0.490 e. The lowest BCUT2D eigenvalue weighted by Crippen LogP contribution is -2.21. The van der Waals surface area contributed by atoms with Crippen molar-refractivity contribution in [3.8, 4) is 6.07 Å². The second kappa shape index (κ2) is 8.65. The molecule has 9 heteroatoms.